The fourth-order valence-electron chi connectivity index (χ4n) is 3.05. The first-order valence-corrected chi connectivity index (χ1v) is 7.27. The molecule has 1 aliphatic heterocycles. The highest BCUT2D eigenvalue weighted by molar-refractivity contribution is 5.40. The van der Waals surface area contributed by atoms with Gasteiger partial charge in [0.25, 0.3) is 0 Å². The summed E-state index contributed by atoms with van der Waals surface area (Å²) in [5.74, 6) is 1.85. The standard InChI is InChI=1S/C16H23NO2/c1-11-3-4-16-13(5-11)8-15(19-16)10-18-14-6-12(7-14)9-17-2/h3-5,12,14-15,17H,6-10H2,1-2H3. The topological polar surface area (TPSA) is 30.5 Å². The Balaban J connectivity index is 1.42. The zero-order valence-electron chi connectivity index (χ0n) is 11.8. The van der Waals surface area contributed by atoms with Gasteiger partial charge in [0.15, 0.2) is 0 Å². The summed E-state index contributed by atoms with van der Waals surface area (Å²) in [4.78, 5) is 0. The molecule has 2 aliphatic rings. The molecule has 1 aromatic carbocycles. The third kappa shape index (κ3) is 2.93. The third-order valence-electron chi connectivity index (χ3n) is 4.16. The van der Waals surface area contributed by atoms with Crippen LogP contribution in [0.4, 0.5) is 0 Å². The lowest BCUT2D eigenvalue weighted by atomic mass is 9.82. The lowest BCUT2D eigenvalue weighted by molar-refractivity contribution is -0.0544. The average molecular weight is 261 g/mol. The minimum absolute atomic E-state index is 0.208. The maximum Gasteiger partial charge on any atom is 0.126 e. The molecule has 1 fully saturated rings. The molecule has 1 aliphatic carbocycles. The lowest BCUT2D eigenvalue weighted by Gasteiger charge is -2.35. The van der Waals surface area contributed by atoms with Crippen molar-refractivity contribution in [3.8, 4) is 5.75 Å². The number of hydrogen-bond acceptors (Lipinski definition) is 3. The van der Waals surface area contributed by atoms with Gasteiger partial charge in [-0.3, -0.25) is 0 Å². The average Bonchev–Trinajstić information content (AvgIpc) is 2.73. The molecular weight excluding hydrogens is 238 g/mol. The van der Waals surface area contributed by atoms with E-state index in [4.69, 9.17) is 9.47 Å². The van der Waals surface area contributed by atoms with Gasteiger partial charge in [-0.2, -0.15) is 0 Å². The van der Waals surface area contributed by atoms with Crippen LogP contribution in [-0.2, 0) is 11.2 Å². The molecule has 1 saturated carbocycles. The molecule has 0 amide bonds. The van der Waals surface area contributed by atoms with Gasteiger partial charge in [0.2, 0.25) is 0 Å². The summed E-state index contributed by atoms with van der Waals surface area (Å²) >= 11 is 0. The molecule has 1 aromatic rings. The van der Waals surface area contributed by atoms with Crippen molar-refractivity contribution in [2.24, 2.45) is 5.92 Å². The Hall–Kier alpha value is -1.06. The Morgan fingerprint density at radius 2 is 2.21 bits per heavy atom. The van der Waals surface area contributed by atoms with Gasteiger partial charge in [-0.15, -0.1) is 0 Å². The lowest BCUT2D eigenvalue weighted by Crippen LogP contribution is -2.38. The largest absolute Gasteiger partial charge is 0.487 e. The van der Waals surface area contributed by atoms with E-state index in [0.29, 0.717) is 6.10 Å². The van der Waals surface area contributed by atoms with Crippen LogP contribution < -0.4 is 10.1 Å². The van der Waals surface area contributed by atoms with Crippen LogP contribution in [0.25, 0.3) is 0 Å². The van der Waals surface area contributed by atoms with Crippen molar-refractivity contribution in [3.05, 3.63) is 29.3 Å². The fourth-order valence-corrected chi connectivity index (χ4v) is 3.05. The van der Waals surface area contributed by atoms with E-state index in [1.807, 2.05) is 7.05 Å². The summed E-state index contributed by atoms with van der Waals surface area (Å²) < 4.78 is 11.9. The second kappa shape index (κ2) is 5.51. The summed E-state index contributed by atoms with van der Waals surface area (Å²) in [6, 6.07) is 6.41. The molecule has 19 heavy (non-hydrogen) atoms. The predicted octanol–water partition coefficient (Wildman–Crippen LogP) is 2.31. The number of nitrogens with one attached hydrogen (secondary N) is 1. The molecule has 104 valence electrons. The monoisotopic (exact) mass is 261 g/mol. The van der Waals surface area contributed by atoms with Crippen molar-refractivity contribution in [2.45, 2.75) is 38.4 Å². The highest BCUT2D eigenvalue weighted by Gasteiger charge is 2.31. The van der Waals surface area contributed by atoms with Gasteiger partial charge < -0.3 is 14.8 Å². The number of rotatable bonds is 5. The molecule has 3 heteroatoms. The predicted molar refractivity (Wildman–Crippen MR) is 75.7 cm³/mol. The number of aryl methyl sites for hydroxylation is 1. The maximum atomic E-state index is 5.95. The summed E-state index contributed by atoms with van der Waals surface area (Å²) in [5, 5.41) is 3.22. The first-order valence-electron chi connectivity index (χ1n) is 7.27. The first kappa shape index (κ1) is 12.9. The second-order valence-electron chi connectivity index (χ2n) is 5.91. The smallest absolute Gasteiger partial charge is 0.126 e. The number of hydrogen-bond donors (Lipinski definition) is 1. The van der Waals surface area contributed by atoms with Crippen molar-refractivity contribution in [1.82, 2.24) is 5.32 Å². The van der Waals surface area contributed by atoms with E-state index < -0.39 is 0 Å². The Labute approximate surface area is 115 Å². The van der Waals surface area contributed by atoms with Gasteiger partial charge in [0.05, 0.1) is 12.7 Å². The van der Waals surface area contributed by atoms with Crippen LogP contribution in [0.3, 0.4) is 0 Å². The molecule has 3 rings (SSSR count). The van der Waals surface area contributed by atoms with E-state index >= 15 is 0 Å². The molecule has 0 radical (unpaired) electrons. The zero-order valence-corrected chi connectivity index (χ0v) is 11.8. The SMILES string of the molecule is CNCC1CC(OCC2Cc3cc(C)ccc3O2)C1. The van der Waals surface area contributed by atoms with Crippen LogP contribution in [0.2, 0.25) is 0 Å². The minimum atomic E-state index is 0.208. The van der Waals surface area contributed by atoms with Gasteiger partial charge in [-0.25, -0.2) is 0 Å². The van der Waals surface area contributed by atoms with Crippen LogP contribution in [-0.4, -0.2) is 32.4 Å². The van der Waals surface area contributed by atoms with Crippen molar-refractivity contribution >= 4 is 0 Å². The Bertz CT molecular complexity index is 440. The van der Waals surface area contributed by atoms with E-state index in [0.717, 1.165) is 31.2 Å². The summed E-state index contributed by atoms with van der Waals surface area (Å²) in [5.41, 5.74) is 2.63. The summed E-state index contributed by atoms with van der Waals surface area (Å²) in [6.45, 7) is 3.97. The van der Waals surface area contributed by atoms with Crippen LogP contribution in [0.15, 0.2) is 18.2 Å². The van der Waals surface area contributed by atoms with Crippen molar-refractivity contribution in [2.75, 3.05) is 20.2 Å². The van der Waals surface area contributed by atoms with E-state index in [1.54, 1.807) is 0 Å². The normalized spacial score (nSPS) is 28.6. The Morgan fingerprint density at radius 3 is 3.00 bits per heavy atom. The summed E-state index contributed by atoms with van der Waals surface area (Å²) in [7, 11) is 2.01. The third-order valence-corrected chi connectivity index (χ3v) is 4.16. The van der Waals surface area contributed by atoms with E-state index in [2.05, 4.69) is 30.4 Å². The zero-order chi connectivity index (χ0) is 13.2. The van der Waals surface area contributed by atoms with Crippen molar-refractivity contribution in [1.29, 1.82) is 0 Å². The van der Waals surface area contributed by atoms with Gasteiger partial charge >= 0.3 is 0 Å². The molecule has 1 N–H and O–H groups in total. The molecule has 1 atom stereocenters. The van der Waals surface area contributed by atoms with Gasteiger partial charge in [-0.05, 0) is 50.9 Å². The van der Waals surface area contributed by atoms with E-state index in [1.165, 1.54) is 24.0 Å². The van der Waals surface area contributed by atoms with Crippen molar-refractivity contribution in [3.63, 3.8) is 0 Å². The highest BCUT2D eigenvalue weighted by Crippen LogP contribution is 2.32. The van der Waals surface area contributed by atoms with Crippen molar-refractivity contribution < 1.29 is 9.47 Å². The molecule has 0 bridgehead atoms. The van der Waals surface area contributed by atoms with Gasteiger partial charge in [0.1, 0.15) is 11.9 Å². The van der Waals surface area contributed by atoms with E-state index in [9.17, 15) is 0 Å². The number of benzene rings is 1. The number of ether oxygens (including phenoxy) is 2. The molecule has 0 spiro atoms. The number of fused-ring (bicyclic) bond motifs is 1. The molecule has 3 nitrogen and oxygen atoms in total. The molecular formula is C16H23NO2. The highest BCUT2D eigenvalue weighted by atomic mass is 16.5. The quantitative estimate of drug-likeness (QED) is 0.882. The fraction of sp³-hybridized carbons (Fsp3) is 0.625. The molecule has 0 saturated heterocycles. The van der Waals surface area contributed by atoms with Crippen LogP contribution in [0.1, 0.15) is 24.0 Å². The Kier molecular flexibility index (Phi) is 3.76. The van der Waals surface area contributed by atoms with Crippen LogP contribution >= 0.6 is 0 Å². The van der Waals surface area contributed by atoms with Crippen LogP contribution in [0, 0.1) is 12.8 Å². The first-order chi connectivity index (χ1) is 9.24. The summed E-state index contributed by atoms with van der Waals surface area (Å²) in [6.07, 6.45) is 4.04. The Morgan fingerprint density at radius 1 is 1.37 bits per heavy atom. The molecule has 0 aromatic heterocycles. The maximum absolute atomic E-state index is 5.95. The minimum Gasteiger partial charge on any atom is -0.487 e. The van der Waals surface area contributed by atoms with Gasteiger partial charge in [0, 0.05) is 6.42 Å². The van der Waals surface area contributed by atoms with Gasteiger partial charge in [-0.1, -0.05) is 17.7 Å². The molecule has 1 unspecified atom stereocenters. The molecule has 1 heterocycles. The second-order valence-corrected chi connectivity index (χ2v) is 5.91. The van der Waals surface area contributed by atoms with E-state index in [-0.39, 0.29) is 6.10 Å². The van der Waals surface area contributed by atoms with Crippen LogP contribution in [0.5, 0.6) is 5.75 Å².